The van der Waals surface area contributed by atoms with Crippen LogP contribution in [0.2, 0.25) is 0 Å². The predicted octanol–water partition coefficient (Wildman–Crippen LogP) is 9.70. The molecule has 1 aliphatic heterocycles. The molecule has 0 amide bonds. The molecule has 1 aromatic heterocycles. The van der Waals surface area contributed by atoms with E-state index in [9.17, 15) is 0 Å². The third-order valence-electron chi connectivity index (χ3n) is 8.63. The van der Waals surface area contributed by atoms with Crippen molar-refractivity contribution in [2.24, 2.45) is 0 Å². The molecule has 39 heavy (non-hydrogen) atoms. The Morgan fingerprint density at radius 2 is 1.15 bits per heavy atom. The summed E-state index contributed by atoms with van der Waals surface area (Å²) in [6.07, 6.45) is 7.80. The maximum atomic E-state index is 2.44. The van der Waals surface area contributed by atoms with Gasteiger partial charge < -0.3 is 9.47 Å². The molecule has 2 aliphatic rings. The van der Waals surface area contributed by atoms with E-state index in [-0.39, 0.29) is 5.41 Å². The molecule has 1 unspecified atom stereocenters. The van der Waals surface area contributed by atoms with Crippen LogP contribution in [0, 0.1) is 0 Å². The van der Waals surface area contributed by atoms with Gasteiger partial charge in [-0.3, -0.25) is 0 Å². The largest absolute Gasteiger partial charge is 0.313 e. The van der Waals surface area contributed by atoms with Gasteiger partial charge in [0.2, 0.25) is 0 Å². The van der Waals surface area contributed by atoms with Crippen molar-refractivity contribution in [2.75, 3.05) is 4.90 Å². The molecular formula is C37H28N2. The second kappa shape index (κ2) is 8.34. The molecule has 1 atom stereocenters. The molecular weight excluding hydrogens is 472 g/mol. The van der Waals surface area contributed by atoms with Crippen LogP contribution in [0.25, 0.3) is 38.6 Å². The van der Waals surface area contributed by atoms with E-state index >= 15 is 0 Å². The Bertz CT molecular complexity index is 1880. The third-order valence-corrected chi connectivity index (χ3v) is 8.63. The molecule has 6 aromatic rings. The number of hydrogen-bond acceptors (Lipinski definition) is 1. The summed E-state index contributed by atoms with van der Waals surface area (Å²) in [5, 5.41) is 2.58. The topological polar surface area (TPSA) is 8.17 Å². The first-order valence-electron chi connectivity index (χ1n) is 13.7. The fourth-order valence-electron chi connectivity index (χ4n) is 6.67. The third kappa shape index (κ3) is 3.21. The van der Waals surface area contributed by atoms with Crippen LogP contribution in [-0.4, -0.2) is 4.57 Å². The van der Waals surface area contributed by atoms with Gasteiger partial charge in [-0.25, -0.2) is 0 Å². The maximum Gasteiger partial charge on any atom is 0.0541 e. The van der Waals surface area contributed by atoms with Crippen LogP contribution < -0.4 is 4.90 Å². The van der Waals surface area contributed by atoms with Crippen molar-refractivity contribution in [1.29, 1.82) is 0 Å². The van der Waals surface area contributed by atoms with E-state index in [1.54, 1.807) is 0 Å². The van der Waals surface area contributed by atoms with E-state index in [0.29, 0.717) is 0 Å². The summed E-state index contributed by atoms with van der Waals surface area (Å²) < 4.78 is 2.37. The Morgan fingerprint density at radius 1 is 0.590 bits per heavy atom. The summed E-state index contributed by atoms with van der Waals surface area (Å²) in [7, 11) is 0. The minimum Gasteiger partial charge on any atom is -0.313 e. The van der Waals surface area contributed by atoms with Crippen LogP contribution in [-0.2, 0) is 5.41 Å². The Morgan fingerprint density at radius 3 is 1.82 bits per heavy atom. The number of nitrogens with zero attached hydrogens (tertiary/aromatic N) is 2. The number of fused-ring (bicyclic) bond motifs is 6. The first kappa shape index (κ1) is 22.2. The number of anilines is 2. The average Bonchev–Trinajstić information content (AvgIpc) is 3.47. The smallest absolute Gasteiger partial charge is 0.0541 e. The van der Waals surface area contributed by atoms with Gasteiger partial charge in [0.15, 0.2) is 0 Å². The summed E-state index contributed by atoms with van der Waals surface area (Å²) in [5.41, 5.74) is 11.4. The molecule has 0 bridgehead atoms. The quantitative estimate of drug-likeness (QED) is 0.235. The van der Waals surface area contributed by atoms with Crippen molar-refractivity contribution >= 4 is 33.2 Å². The second-order valence-electron chi connectivity index (χ2n) is 10.8. The van der Waals surface area contributed by atoms with Crippen LogP contribution >= 0.6 is 0 Å². The van der Waals surface area contributed by atoms with Crippen molar-refractivity contribution in [3.63, 3.8) is 0 Å². The van der Waals surface area contributed by atoms with Crippen molar-refractivity contribution in [3.05, 3.63) is 151 Å². The Hall–Kier alpha value is -4.82. The first-order chi connectivity index (χ1) is 19.2. The predicted molar refractivity (Wildman–Crippen MR) is 164 cm³/mol. The molecule has 0 radical (unpaired) electrons. The number of para-hydroxylation sites is 3. The highest BCUT2D eigenvalue weighted by atomic mass is 15.2. The molecule has 5 aromatic carbocycles. The van der Waals surface area contributed by atoms with Crippen LogP contribution in [0.4, 0.5) is 11.4 Å². The van der Waals surface area contributed by atoms with E-state index in [1.165, 1.54) is 61.3 Å². The highest BCUT2D eigenvalue weighted by Crippen LogP contribution is 2.54. The lowest BCUT2D eigenvalue weighted by Crippen LogP contribution is -2.26. The molecule has 8 rings (SSSR count). The van der Waals surface area contributed by atoms with E-state index in [0.717, 1.165) is 6.42 Å². The lowest BCUT2D eigenvalue weighted by Gasteiger charge is -2.31. The fraction of sp³-hybridized carbons (Fsp3) is 0.0811. The van der Waals surface area contributed by atoms with Crippen LogP contribution in [0.1, 0.15) is 18.9 Å². The molecule has 2 nitrogen and oxygen atoms in total. The molecule has 0 fully saturated rings. The zero-order valence-corrected chi connectivity index (χ0v) is 21.9. The van der Waals surface area contributed by atoms with Gasteiger partial charge in [-0.05, 0) is 78.6 Å². The van der Waals surface area contributed by atoms with Crippen LogP contribution in [0.3, 0.4) is 0 Å². The normalized spacial score (nSPS) is 17.9. The highest BCUT2D eigenvalue weighted by Gasteiger charge is 2.43. The zero-order valence-electron chi connectivity index (χ0n) is 21.9. The van der Waals surface area contributed by atoms with Gasteiger partial charge in [0.05, 0.1) is 11.0 Å². The number of hydrogen-bond donors (Lipinski definition) is 0. The summed E-state index contributed by atoms with van der Waals surface area (Å²) in [6.45, 7) is 2.37. The standard InChI is InChI=1S/C37H28N2/c1-37-25-9-8-16-36(37)39(35-15-7-4-12-32(35)37)29-23-19-27(20-24-29)26-17-21-28(22-18-26)38-33-13-5-2-10-30(33)31-11-3-6-14-34(31)38/h2-24H,25H2,1H3. The van der Waals surface area contributed by atoms with Gasteiger partial charge in [-0.15, -0.1) is 0 Å². The fourth-order valence-corrected chi connectivity index (χ4v) is 6.67. The van der Waals surface area contributed by atoms with Crippen LogP contribution in [0.15, 0.2) is 145 Å². The van der Waals surface area contributed by atoms with E-state index < -0.39 is 0 Å². The minimum absolute atomic E-state index is 0.0205. The van der Waals surface area contributed by atoms with Gasteiger partial charge in [-0.2, -0.15) is 0 Å². The highest BCUT2D eigenvalue weighted by molar-refractivity contribution is 6.09. The van der Waals surface area contributed by atoms with Crippen LogP contribution in [0.5, 0.6) is 0 Å². The van der Waals surface area contributed by atoms with Gasteiger partial charge in [-0.1, -0.05) is 91.0 Å². The molecule has 0 saturated carbocycles. The molecule has 186 valence electrons. The number of aromatic nitrogens is 1. The molecule has 2 heteroatoms. The summed E-state index contributed by atoms with van der Waals surface area (Å²) in [4.78, 5) is 2.44. The maximum absolute atomic E-state index is 2.44. The lowest BCUT2D eigenvalue weighted by atomic mass is 9.77. The van der Waals surface area contributed by atoms with Crippen molar-refractivity contribution in [3.8, 4) is 16.8 Å². The molecule has 0 saturated heterocycles. The minimum atomic E-state index is 0.0205. The number of benzene rings is 5. The van der Waals surface area contributed by atoms with Gasteiger partial charge in [0.1, 0.15) is 0 Å². The number of rotatable bonds is 3. The monoisotopic (exact) mass is 500 g/mol. The summed E-state index contributed by atoms with van der Waals surface area (Å²) >= 11 is 0. The van der Waals surface area contributed by atoms with E-state index in [2.05, 4.69) is 156 Å². The zero-order chi connectivity index (χ0) is 26.0. The first-order valence-corrected chi connectivity index (χ1v) is 13.7. The van der Waals surface area contributed by atoms with E-state index in [4.69, 9.17) is 0 Å². The van der Waals surface area contributed by atoms with Gasteiger partial charge >= 0.3 is 0 Å². The van der Waals surface area contributed by atoms with E-state index in [1.807, 2.05) is 0 Å². The van der Waals surface area contributed by atoms with Crippen molar-refractivity contribution in [1.82, 2.24) is 4.57 Å². The molecule has 0 spiro atoms. The molecule has 2 heterocycles. The Kier molecular flexibility index (Phi) is 4.75. The van der Waals surface area contributed by atoms with Crippen molar-refractivity contribution < 1.29 is 0 Å². The SMILES string of the molecule is CC12CC=CC=C1N(c1ccc(-c3ccc(-n4c5ccccc5c5ccccc54)cc3)cc1)c1ccccc12. The Labute approximate surface area is 228 Å². The average molecular weight is 501 g/mol. The molecule has 1 aliphatic carbocycles. The van der Waals surface area contributed by atoms with Gasteiger partial charge in [0.25, 0.3) is 0 Å². The van der Waals surface area contributed by atoms with Crippen molar-refractivity contribution in [2.45, 2.75) is 18.8 Å². The second-order valence-corrected chi connectivity index (χ2v) is 10.8. The number of allylic oxidation sites excluding steroid dienone is 4. The molecule has 0 N–H and O–H groups in total. The summed E-state index contributed by atoms with van der Waals surface area (Å²) in [6, 6.07) is 44.2. The Balaban J connectivity index is 1.16. The lowest BCUT2D eigenvalue weighted by molar-refractivity contribution is 0.577. The summed E-state index contributed by atoms with van der Waals surface area (Å²) in [5.74, 6) is 0. The van der Waals surface area contributed by atoms with Gasteiger partial charge in [0, 0.05) is 38.9 Å².